The molecule has 0 radical (unpaired) electrons. The number of allylic oxidation sites excluding steroid dienone is 2. The molecule has 64 valence electrons. The van der Waals surface area contributed by atoms with E-state index >= 15 is 0 Å². The van der Waals surface area contributed by atoms with Gasteiger partial charge in [0.15, 0.2) is 0 Å². The van der Waals surface area contributed by atoms with E-state index in [1.807, 2.05) is 14.0 Å². The van der Waals surface area contributed by atoms with Crippen LogP contribution >= 0.6 is 0 Å². The summed E-state index contributed by atoms with van der Waals surface area (Å²) in [6.07, 6.45) is 4.24. The molecule has 1 nitrogen and oxygen atoms in total. The molecule has 0 aromatic carbocycles. The van der Waals surface area contributed by atoms with E-state index in [1.165, 1.54) is 11.1 Å². The summed E-state index contributed by atoms with van der Waals surface area (Å²) in [5, 5.41) is 3.22. The highest BCUT2D eigenvalue weighted by molar-refractivity contribution is 5.27. The summed E-state index contributed by atoms with van der Waals surface area (Å²) >= 11 is 0. The summed E-state index contributed by atoms with van der Waals surface area (Å²) in [5.41, 5.74) is 2.76. The predicted octanol–water partition coefficient (Wildman–Crippen LogP) is 2.51. The summed E-state index contributed by atoms with van der Waals surface area (Å²) in [4.78, 5) is 0. The Labute approximate surface area is 70.2 Å². The van der Waals surface area contributed by atoms with Gasteiger partial charge < -0.3 is 5.32 Å². The van der Waals surface area contributed by atoms with Crippen molar-refractivity contribution in [1.82, 2.24) is 5.32 Å². The second-order valence-electron chi connectivity index (χ2n) is 2.97. The number of rotatable bonds is 3. The van der Waals surface area contributed by atoms with Gasteiger partial charge in [-0.2, -0.15) is 0 Å². The minimum Gasteiger partial charge on any atom is -0.313 e. The van der Waals surface area contributed by atoms with Gasteiger partial charge in [0, 0.05) is 6.04 Å². The van der Waals surface area contributed by atoms with E-state index in [9.17, 15) is 0 Å². The first-order chi connectivity index (χ1) is 5.13. The molecule has 0 fully saturated rings. The first-order valence-corrected chi connectivity index (χ1v) is 4.10. The first-order valence-electron chi connectivity index (χ1n) is 4.10. The van der Waals surface area contributed by atoms with Crippen LogP contribution in [0.4, 0.5) is 0 Å². The van der Waals surface area contributed by atoms with Crippen molar-refractivity contribution >= 4 is 0 Å². The third kappa shape index (κ3) is 3.38. The van der Waals surface area contributed by atoms with Crippen LogP contribution in [0.25, 0.3) is 0 Å². The van der Waals surface area contributed by atoms with Crippen molar-refractivity contribution in [2.75, 3.05) is 7.05 Å². The number of hydrogen-bond acceptors (Lipinski definition) is 1. The molecule has 0 aliphatic rings. The van der Waals surface area contributed by atoms with Crippen LogP contribution < -0.4 is 5.32 Å². The van der Waals surface area contributed by atoms with Crippen molar-refractivity contribution < 1.29 is 0 Å². The van der Waals surface area contributed by atoms with E-state index in [2.05, 4.69) is 38.2 Å². The molecule has 0 aromatic heterocycles. The maximum absolute atomic E-state index is 3.22. The number of likely N-dealkylation sites (N-methyl/N-ethyl adjacent to an activating group) is 1. The van der Waals surface area contributed by atoms with Crippen molar-refractivity contribution in [1.29, 1.82) is 0 Å². The Bertz CT molecular complexity index is 162. The zero-order chi connectivity index (χ0) is 8.85. The summed E-state index contributed by atoms with van der Waals surface area (Å²) in [6.45, 7) is 8.50. The average Bonchev–Trinajstić information content (AvgIpc) is 1.98. The number of nitrogens with one attached hydrogen (secondary N) is 1. The summed E-state index contributed by atoms with van der Waals surface area (Å²) in [6, 6.07) is 0.455. The molecule has 0 rings (SSSR count). The van der Waals surface area contributed by atoms with Gasteiger partial charge in [-0.1, -0.05) is 17.7 Å². The Morgan fingerprint density at radius 2 is 1.91 bits per heavy atom. The van der Waals surface area contributed by atoms with Crippen molar-refractivity contribution in [2.45, 2.75) is 33.7 Å². The van der Waals surface area contributed by atoms with Gasteiger partial charge in [0.1, 0.15) is 0 Å². The molecule has 0 spiro atoms. The fraction of sp³-hybridized carbons (Fsp3) is 0.600. The lowest BCUT2D eigenvalue weighted by Gasteiger charge is -2.13. The Kier molecular flexibility index (Phi) is 4.88. The molecule has 0 aliphatic heterocycles. The molecule has 1 unspecified atom stereocenters. The minimum atomic E-state index is 0.455. The van der Waals surface area contributed by atoms with Crippen LogP contribution in [0.2, 0.25) is 0 Å². The molecule has 1 N–H and O–H groups in total. The molecule has 0 amide bonds. The van der Waals surface area contributed by atoms with Gasteiger partial charge in [-0.25, -0.2) is 0 Å². The van der Waals surface area contributed by atoms with Crippen molar-refractivity contribution in [3.05, 3.63) is 23.3 Å². The lowest BCUT2D eigenvalue weighted by atomic mass is 10.0. The normalized spacial score (nSPS) is 13.5. The van der Waals surface area contributed by atoms with E-state index in [0.29, 0.717) is 6.04 Å². The third-order valence-electron chi connectivity index (χ3n) is 1.82. The van der Waals surface area contributed by atoms with E-state index in [1.54, 1.807) is 0 Å². The van der Waals surface area contributed by atoms with Gasteiger partial charge in [-0.3, -0.25) is 0 Å². The smallest absolute Gasteiger partial charge is 0.0288 e. The maximum Gasteiger partial charge on any atom is 0.0288 e. The molecule has 0 saturated carbocycles. The quantitative estimate of drug-likeness (QED) is 0.614. The Hall–Kier alpha value is -0.560. The average molecular weight is 153 g/mol. The zero-order valence-corrected chi connectivity index (χ0v) is 8.23. The number of hydrogen-bond donors (Lipinski definition) is 1. The molecule has 0 aromatic rings. The molecular weight excluding hydrogens is 134 g/mol. The van der Waals surface area contributed by atoms with Crippen LogP contribution in [0.1, 0.15) is 27.7 Å². The first kappa shape index (κ1) is 10.4. The van der Waals surface area contributed by atoms with Crippen LogP contribution in [0, 0.1) is 0 Å². The SMILES string of the molecule is C/C=C\C(=C(C)C)C(C)NC. The van der Waals surface area contributed by atoms with Gasteiger partial charge in [-0.15, -0.1) is 0 Å². The standard InChI is InChI=1S/C10H19N/c1-6-7-10(8(2)3)9(4)11-5/h6-7,9,11H,1-5H3/b7-6-. The molecule has 11 heavy (non-hydrogen) atoms. The van der Waals surface area contributed by atoms with Crippen molar-refractivity contribution in [3.63, 3.8) is 0 Å². The molecule has 0 saturated heterocycles. The highest BCUT2D eigenvalue weighted by Gasteiger charge is 2.02. The van der Waals surface area contributed by atoms with Crippen molar-refractivity contribution in [2.24, 2.45) is 0 Å². The lowest BCUT2D eigenvalue weighted by molar-refractivity contribution is 0.699. The minimum absolute atomic E-state index is 0.455. The largest absolute Gasteiger partial charge is 0.313 e. The topological polar surface area (TPSA) is 12.0 Å². The molecule has 1 heteroatoms. The monoisotopic (exact) mass is 153 g/mol. The lowest BCUT2D eigenvalue weighted by Crippen LogP contribution is -2.23. The summed E-state index contributed by atoms with van der Waals surface area (Å²) in [5.74, 6) is 0. The van der Waals surface area contributed by atoms with Gasteiger partial charge in [-0.05, 0) is 40.3 Å². The second kappa shape index (κ2) is 5.14. The Morgan fingerprint density at radius 1 is 1.36 bits per heavy atom. The van der Waals surface area contributed by atoms with Gasteiger partial charge in [0.05, 0.1) is 0 Å². The second-order valence-corrected chi connectivity index (χ2v) is 2.97. The molecule has 0 aliphatic carbocycles. The fourth-order valence-electron chi connectivity index (χ4n) is 1.08. The van der Waals surface area contributed by atoms with E-state index in [-0.39, 0.29) is 0 Å². The fourth-order valence-corrected chi connectivity index (χ4v) is 1.08. The Morgan fingerprint density at radius 3 is 2.18 bits per heavy atom. The summed E-state index contributed by atoms with van der Waals surface area (Å²) < 4.78 is 0. The summed E-state index contributed by atoms with van der Waals surface area (Å²) in [7, 11) is 1.98. The highest BCUT2D eigenvalue weighted by Crippen LogP contribution is 2.09. The highest BCUT2D eigenvalue weighted by atomic mass is 14.9. The van der Waals surface area contributed by atoms with E-state index in [0.717, 1.165) is 0 Å². The van der Waals surface area contributed by atoms with Crippen LogP contribution in [-0.4, -0.2) is 13.1 Å². The van der Waals surface area contributed by atoms with Crippen LogP contribution in [0.5, 0.6) is 0 Å². The van der Waals surface area contributed by atoms with Crippen LogP contribution in [0.3, 0.4) is 0 Å². The van der Waals surface area contributed by atoms with Crippen molar-refractivity contribution in [3.8, 4) is 0 Å². The molecule has 0 bridgehead atoms. The van der Waals surface area contributed by atoms with E-state index in [4.69, 9.17) is 0 Å². The molecular formula is C10H19N. The van der Waals surface area contributed by atoms with Gasteiger partial charge >= 0.3 is 0 Å². The van der Waals surface area contributed by atoms with Crippen LogP contribution in [-0.2, 0) is 0 Å². The van der Waals surface area contributed by atoms with E-state index < -0.39 is 0 Å². The van der Waals surface area contributed by atoms with Crippen LogP contribution in [0.15, 0.2) is 23.3 Å². The molecule has 0 heterocycles. The Balaban J connectivity index is 4.48. The third-order valence-corrected chi connectivity index (χ3v) is 1.82. The molecule has 1 atom stereocenters. The van der Waals surface area contributed by atoms with Gasteiger partial charge in [0.25, 0.3) is 0 Å². The maximum atomic E-state index is 3.22. The van der Waals surface area contributed by atoms with Gasteiger partial charge in [0.2, 0.25) is 0 Å². The zero-order valence-electron chi connectivity index (χ0n) is 8.23. The predicted molar refractivity (Wildman–Crippen MR) is 51.7 cm³/mol.